The molecule has 0 saturated heterocycles. The van der Waals surface area contributed by atoms with E-state index in [4.69, 9.17) is 23.2 Å². The molecule has 2 rings (SSSR count). The van der Waals surface area contributed by atoms with Crippen LogP contribution >= 0.6 is 50.5 Å². The fraction of sp³-hybridized carbons (Fsp3) is 0. The molecule has 1 nitrogen and oxygen atoms in total. The highest BCUT2D eigenvalue weighted by molar-refractivity contribution is 9.10. The number of hydrogen-bond acceptors (Lipinski definition) is 2. The zero-order chi connectivity index (χ0) is 12.6. The summed E-state index contributed by atoms with van der Waals surface area (Å²) in [7, 11) is 0. The molecule has 0 bridgehead atoms. The molecule has 0 N–H and O–H groups in total. The van der Waals surface area contributed by atoms with E-state index in [2.05, 4.69) is 15.9 Å². The summed E-state index contributed by atoms with van der Waals surface area (Å²) < 4.78 is 14.8. The molecule has 0 unspecified atom stereocenters. The first kappa shape index (κ1) is 13.0. The maximum absolute atomic E-state index is 13.5. The molecule has 17 heavy (non-hydrogen) atoms. The summed E-state index contributed by atoms with van der Waals surface area (Å²) in [6, 6.07) is 5.60. The second-order valence-electron chi connectivity index (χ2n) is 3.19. The Labute approximate surface area is 119 Å². The van der Waals surface area contributed by atoms with Gasteiger partial charge in [-0.05, 0) is 24.3 Å². The lowest BCUT2D eigenvalue weighted by atomic mass is 10.1. The van der Waals surface area contributed by atoms with Crippen molar-refractivity contribution in [2.45, 2.75) is 0 Å². The minimum absolute atomic E-state index is 0.0317. The number of hydrogen-bond donors (Lipinski definition) is 0. The third-order valence-corrected chi connectivity index (χ3v) is 4.06. The molecule has 88 valence electrons. The lowest BCUT2D eigenvalue weighted by molar-refractivity contribution is 0.103. The summed E-state index contributed by atoms with van der Waals surface area (Å²) in [5.74, 6) is -1.06. The number of carbonyl (C=O) groups excluding carboxylic acids is 1. The SMILES string of the molecule is O=C(c1cc(Br)ccc1F)c1cc(Cl)sc1Cl. The summed E-state index contributed by atoms with van der Waals surface area (Å²) in [5.41, 5.74) is 0.189. The fourth-order valence-corrected chi connectivity index (χ4v) is 3.13. The molecule has 1 aromatic carbocycles. The lowest BCUT2D eigenvalue weighted by Gasteiger charge is -2.02. The molecule has 0 amide bonds. The van der Waals surface area contributed by atoms with E-state index >= 15 is 0 Å². The molecular formula is C11H4BrCl2FOS. The lowest BCUT2D eigenvalue weighted by Crippen LogP contribution is -2.03. The Morgan fingerprint density at radius 2 is 1.94 bits per heavy atom. The van der Waals surface area contributed by atoms with Crippen molar-refractivity contribution in [2.75, 3.05) is 0 Å². The Morgan fingerprint density at radius 1 is 1.24 bits per heavy atom. The molecule has 2 aromatic rings. The van der Waals surface area contributed by atoms with Crippen LogP contribution in [0.25, 0.3) is 0 Å². The minimum atomic E-state index is -0.586. The summed E-state index contributed by atoms with van der Waals surface area (Å²) >= 11 is 15.9. The van der Waals surface area contributed by atoms with E-state index < -0.39 is 11.6 Å². The minimum Gasteiger partial charge on any atom is -0.288 e. The topological polar surface area (TPSA) is 17.1 Å². The zero-order valence-electron chi connectivity index (χ0n) is 8.14. The number of ketones is 1. The predicted octanol–water partition coefficient (Wildman–Crippen LogP) is 5.19. The first-order valence-electron chi connectivity index (χ1n) is 4.43. The Morgan fingerprint density at radius 3 is 2.53 bits per heavy atom. The predicted molar refractivity (Wildman–Crippen MR) is 71.9 cm³/mol. The quantitative estimate of drug-likeness (QED) is 0.679. The Balaban J connectivity index is 2.50. The van der Waals surface area contributed by atoms with E-state index in [1.807, 2.05) is 0 Å². The molecule has 0 atom stereocenters. The van der Waals surface area contributed by atoms with Crippen molar-refractivity contribution in [3.8, 4) is 0 Å². The number of rotatable bonds is 2. The number of halogens is 4. The van der Waals surface area contributed by atoms with Crippen LogP contribution in [0, 0.1) is 5.82 Å². The summed E-state index contributed by atoms with van der Waals surface area (Å²) in [5, 5.41) is 0. The van der Waals surface area contributed by atoms with Crippen molar-refractivity contribution >= 4 is 56.3 Å². The molecule has 1 aromatic heterocycles. The average molecular weight is 354 g/mol. The molecular weight excluding hydrogens is 350 g/mol. The number of benzene rings is 1. The fourth-order valence-electron chi connectivity index (χ4n) is 1.31. The number of thiophene rings is 1. The third-order valence-electron chi connectivity index (χ3n) is 2.07. The highest BCUT2D eigenvalue weighted by Crippen LogP contribution is 2.33. The summed E-state index contributed by atoms with van der Waals surface area (Å²) in [6.07, 6.45) is 0. The van der Waals surface area contributed by atoms with Crippen LogP contribution in [0.5, 0.6) is 0 Å². The van der Waals surface area contributed by atoms with E-state index in [9.17, 15) is 9.18 Å². The van der Waals surface area contributed by atoms with Gasteiger partial charge in [-0.2, -0.15) is 0 Å². The normalized spacial score (nSPS) is 10.6. The van der Waals surface area contributed by atoms with E-state index in [0.29, 0.717) is 8.81 Å². The highest BCUT2D eigenvalue weighted by atomic mass is 79.9. The van der Waals surface area contributed by atoms with Crippen LogP contribution in [-0.4, -0.2) is 5.78 Å². The molecule has 0 aliphatic rings. The van der Waals surface area contributed by atoms with Crippen molar-refractivity contribution in [1.82, 2.24) is 0 Å². The maximum atomic E-state index is 13.5. The largest absolute Gasteiger partial charge is 0.288 e. The molecule has 1 heterocycles. The van der Waals surface area contributed by atoms with E-state index in [-0.39, 0.29) is 15.5 Å². The van der Waals surface area contributed by atoms with Crippen LogP contribution in [0.1, 0.15) is 15.9 Å². The van der Waals surface area contributed by atoms with Crippen molar-refractivity contribution in [3.05, 3.63) is 54.4 Å². The Kier molecular flexibility index (Phi) is 3.88. The Hall–Kier alpha value is -0.420. The van der Waals surface area contributed by atoms with Gasteiger partial charge >= 0.3 is 0 Å². The van der Waals surface area contributed by atoms with Gasteiger partial charge in [-0.3, -0.25) is 4.79 Å². The first-order valence-corrected chi connectivity index (χ1v) is 6.80. The van der Waals surface area contributed by atoms with Gasteiger partial charge in [-0.15, -0.1) is 11.3 Å². The zero-order valence-corrected chi connectivity index (χ0v) is 12.1. The maximum Gasteiger partial charge on any atom is 0.198 e. The second-order valence-corrected chi connectivity index (χ2v) is 6.39. The number of carbonyl (C=O) groups is 1. The van der Waals surface area contributed by atoms with Gasteiger partial charge in [0.1, 0.15) is 10.2 Å². The smallest absolute Gasteiger partial charge is 0.198 e. The van der Waals surface area contributed by atoms with Gasteiger partial charge in [0, 0.05) is 4.47 Å². The second kappa shape index (κ2) is 5.06. The van der Waals surface area contributed by atoms with Crippen LogP contribution in [0.15, 0.2) is 28.7 Å². The molecule has 0 saturated carbocycles. The molecule has 0 spiro atoms. The molecule has 0 radical (unpaired) electrons. The molecule has 0 aliphatic carbocycles. The molecule has 6 heteroatoms. The van der Waals surface area contributed by atoms with Crippen LogP contribution in [0.2, 0.25) is 8.67 Å². The van der Waals surface area contributed by atoms with Crippen LogP contribution < -0.4 is 0 Å². The highest BCUT2D eigenvalue weighted by Gasteiger charge is 2.19. The standard InChI is InChI=1S/C11H4BrCl2FOS/c12-5-1-2-8(15)6(3-5)10(16)7-4-9(13)17-11(7)14/h1-4H. The van der Waals surface area contributed by atoms with Crippen molar-refractivity contribution in [1.29, 1.82) is 0 Å². The van der Waals surface area contributed by atoms with Gasteiger partial charge in [-0.1, -0.05) is 39.1 Å². The van der Waals surface area contributed by atoms with Crippen molar-refractivity contribution < 1.29 is 9.18 Å². The van der Waals surface area contributed by atoms with E-state index in [1.54, 1.807) is 0 Å². The van der Waals surface area contributed by atoms with Crippen LogP contribution in [-0.2, 0) is 0 Å². The van der Waals surface area contributed by atoms with Gasteiger partial charge in [-0.25, -0.2) is 4.39 Å². The summed E-state index contributed by atoms with van der Waals surface area (Å²) in [6.45, 7) is 0. The van der Waals surface area contributed by atoms with Crippen molar-refractivity contribution in [3.63, 3.8) is 0 Å². The third kappa shape index (κ3) is 2.71. The van der Waals surface area contributed by atoms with Gasteiger partial charge in [0.25, 0.3) is 0 Å². The van der Waals surface area contributed by atoms with Gasteiger partial charge in [0.15, 0.2) is 5.78 Å². The van der Waals surface area contributed by atoms with Gasteiger partial charge in [0.05, 0.1) is 15.5 Å². The van der Waals surface area contributed by atoms with E-state index in [1.165, 1.54) is 24.3 Å². The van der Waals surface area contributed by atoms with Gasteiger partial charge in [0.2, 0.25) is 0 Å². The van der Waals surface area contributed by atoms with Crippen LogP contribution in [0.3, 0.4) is 0 Å². The monoisotopic (exact) mass is 352 g/mol. The van der Waals surface area contributed by atoms with Gasteiger partial charge < -0.3 is 0 Å². The first-order chi connectivity index (χ1) is 7.99. The summed E-state index contributed by atoms with van der Waals surface area (Å²) in [4.78, 5) is 12.1. The Bertz CT molecular complexity index is 597. The average Bonchev–Trinajstić information content (AvgIpc) is 2.60. The molecule has 0 aliphatic heterocycles. The molecule has 0 fully saturated rings. The van der Waals surface area contributed by atoms with E-state index in [0.717, 1.165) is 11.3 Å². The van der Waals surface area contributed by atoms with Crippen LogP contribution in [0.4, 0.5) is 4.39 Å². The van der Waals surface area contributed by atoms with Crippen molar-refractivity contribution in [2.24, 2.45) is 0 Å².